The molecule has 4 heteroatoms. The summed E-state index contributed by atoms with van der Waals surface area (Å²) in [5, 5.41) is 15.1. The lowest BCUT2D eigenvalue weighted by molar-refractivity contribution is 0.179. The average Bonchev–Trinajstić information content (AvgIpc) is 2.75. The van der Waals surface area contributed by atoms with E-state index >= 15 is 0 Å². The Labute approximate surface area is 108 Å². The summed E-state index contributed by atoms with van der Waals surface area (Å²) in [6.07, 6.45) is -0.00265. The summed E-state index contributed by atoms with van der Waals surface area (Å²) in [4.78, 5) is 0. The fourth-order valence-corrected chi connectivity index (χ4v) is 2.67. The summed E-state index contributed by atoms with van der Waals surface area (Å²) in [6, 6.07) is 7.24. The van der Waals surface area contributed by atoms with Gasteiger partial charge in [0.05, 0.1) is 6.10 Å². The molecule has 0 aliphatic rings. The van der Waals surface area contributed by atoms with Crippen LogP contribution in [-0.4, -0.2) is 5.11 Å². The Balaban J connectivity index is 2.15. The van der Waals surface area contributed by atoms with Crippen molar-refractivity contribution in [3.8, 4) is 0 Å². The minimum Gasteiger partial charge on any atom is -0.388 e. The summed E-state index contributed by atoms with van der Waals surface area (Å²) in [5.41, 5.74) is 1.83. The number of benzene rings is 1. The van der Waals surface area contributed by atoms with Gasteiger partial charge in [-0.05, 0) is 40.1 Å². The lowest BCUT2D eigenvalue weighted by Gasteiger charge is -2.10. The predicted octanol–water partition coefficient (Wildman–Crippen LogP) is 4.33. The lowest BCUT2D eigenvalue weighted by atomic mass is 10.0. The molecule has 0 radical (unpaired) electrons. The Hall–Kier alpha value is -0.540. The van der Waals surface area contributed by atoms with Crippen LogP contribution in [0.3, 0.4) is 0 Å². The number of aliphatic hydroxyl groups excluding tert-OH is 1. The third-order valence-corrected chi connectivity index (χ3v) is 3.64. The van der Waals surface area contributed by atoms with Crippen molar-refractivity contribution in [1.82, 2.24) is 0 Å². The van der Waals surface area contributed by atoms with Crippen molar-refractivity contribution in [2.45, 2.75) is 12.5 Å². The van der Waals surface area contributed by atoms with E-state index < -0.39 is 6.10 Å². The molecule has 0 spiro atoms. The van der Waals surface area contributed by atoms with Crippen LogP contribution in [0, 0.1) is 0 Å². The van der Waals surface area contributed by atoms with Crippen LogP contribution >= 0.6 is 34.5 Å². The number of thiophene rings is 1. The van der Waals surface area contributed by atoms with E-state index in [1.54, 1.807) is 23.5 Å². The molecule has 1 nitrogen and oxygen atoms in total. The Morgan fingerprint density at radius 3 is 2.69 bits per heavy atom. The molecule has 2 aromatic rings. The molecule has 0 bridgehead atoms. The van der Waals surface area contributed by atoms with Crippen LogP contribution in [-0.2, 0) is 6.42 Å². The molecule has 1 heterocycles. The fraction of sp³-hybridized carbons (Fsp3) is 0.167. The van der Waals surface area contributed by atoms with Crippen LogP contribution in [0.1, 0.15) is 17.2 Å². The van der Waals surface area contributed by atoms with Crippen LogP contribution in [0.5, 0.6) is 0 Å². The van der Waals surface area contributed by atoms with Crippen molar-refractivity contribution >= 4 is 34.5 Å². The molecule has 1 aromatic heterocycles. The lowest BCUT2D eigenvalue weighted by Crippen LogP contribution is -2.00. The second kappa shape index (κ2) is 5.19. The van der Waals surface area contributed by atoms with Gasteiger partial charge in [-0.15, -0.1) is 0 Å². The first kappa shape index (κ1) is 11.9. The van der Waals surface area contributed by atoms with Crippen LogP contribution in [0.2, 0.25) is 10.0 Å². The van der Waals surface area contributed by atoms with E-state index in [9.17, 15) is 5.11 Å². The number of halogens is 2. The molecule has 1 unspecified atom stereocenters. The number of hydrogen-bond acceptors (Lipinski definition) is 2. The highest BCUT2D eigenvalue weighted by Crippen LogP contribution is 2.26. The van der Waals surface area contributed by atoms with E-state index in [0.29, 0.717) is 16.5 Å². The molecule has 0 amide bonds. The Bertz CT molecular complexity index is 468. The largest absolute Gasteiger partial charge is 0.388 e. The van der Waals surface area contributed by atoms with Gasteiger partial charge < -0.3 is 5.11 Å². The number of rotatable bonds is 3. The SMILES string of the molecule is OC(Cc1ccc(Cl)cc1Cl)c1ccsc1. The van der Waals surface area contributed by atoms with Gasteiger partial charge in [0.2, 0.25) is 0 Å². The molecule has 0 aliphatic carbocycles. The van der Waals surface area contributed by atoms with Crippen molar-refractivity contribution in [3.63, 3.8) is 0 Å². The highest BCUT2D eigenvalue weighted by Gasteiger charge is 2.11. The molecule has 0 saturated carbocycles. The van der Waals surface area contributed by atoms with Crippen molar-refractivity contribution in [2.75, 3.05) is 0 Å². The number of hydrogen-bond donors (Lipinski definition) is 1. The van der Waals surface area contributed by atoms with E-state index in [1.807, 2.05) is 22.9 Å². The molecular weight excluding hydrogens is 263 g/mol. The molecular formula is C12H10Cl2OS. The maximum Gasteiger partial charge on any atom is 0.0838 e. The number of aliphatic hydroxyl groups is 1. The quantitative estimate of drug-likeness (QED) is 0.882. The van der Waals surface area contributed by atoms with Crippen LogP contribution in [0.4, 0.5) is 0 Å². The van der Waals surface area contributed by atoms with Crippen molar-refractivity contribution in [1.29, 1.82) is 0 Å². The van der Waals surface area contributed by atoms with Gasteiger partial charge in [0.1, 0.15) is 0 Å². The highest BCUT2D eigenvalue weighted by atomic mass is 35.5. The molecule has 1 aromatic carbocycles. The topological polar surface area (TPSA) is 20.2 Å². The maximum atomic E-state index is 9.97. The first-order chi connectivity index (χ1) is 7.66. The molecule has 0 aliphatic heterocycles. The molecule has 1 N–H and O–H groups in total. The van der Waals surface area contributed by atoms with Crippen LogP contribution in [0.25, 0.3) is 0 Å². The smallest absolute Gasteiger partial charge is 0.0838 e. The molecule has 84 valence electrons. The van der Waals surface area contributed by atoms with Gasteiger partial charge in [-0.3, -0.25) is 0 Å². The Morgan fingerprint density at radius 1 is 1.25 bits per heavy atom. The molecule has 2 rings (SSSR count). The zero-order chi connectivity index (χ0) is 11.5. The van der Waals surface area contributed by atoms with Crippen molar-refractivity contribution in [2.24, 2.45) is 0 Å². The summed E-state index contributed by atoms with van der Waals surface area (Å²) < 4.78 is 0. The second-order valence-corrected chi connectivity index (χ2v) is 5.14. The van der Waals surface area contributed by atoms with Gasteiger partial charge in [-0.25, -0.2) is 0 Å². The maximum absolute atomic E-state index is 9.97. The van der Waals surface area contributed by atoms with Gasteiger partial charge in [-0.2, -0.15) is 11.3 Å². The summed E-state index contributed by atoms with van der Waals surface area (Å²) in [7, 11) is 0. The standard InChI is InChI=1S/C12H10Cl2OS/c13-10-2-1-8(11(14)6-10)5-12(15)9-3-4-16-7-9/h1-4,6-7,12,15H,5H2. The summed E-state index contributed by atoms with van der Waals surface area (Å²) in [5.74, 6) is 0. The minimum absolute atomic E-state index is 0.507. The minimum atomic E-state index is -0.509. The van der Waals surface area contributed by atoms with Gasteiger partial charge in [0.25, 0.3) is 0 Å². The molecule has 0 fully saturated rings. The van der Waals surface area contributed by atoms with Crippen LogP contribution < -0.4 is 0 Å². The normalized spacial score (nSPS) is 12.7. The van der Waals surface area contributed by atoms with Crippen molar-refractivity contribution in [3.05, 3.63) is 56.2 Å². The molecule has 1 atom stereocenters. The molecule has 16 heavy (non-hydrogen) atoms. The van der Waals surface area contributed by atoms with Crippen molar-refractivity contribution < 1.29 is 5.11 Å². The van der Waals surface area contributed by atoms with Gasteiger partial charge in [-0.1, -0.05) is 29.3 Å². The van der Waals surface area contributed by atoms with E-state index in [0.717, 1.165) is 11.1 Å². The Morgan fingerprint density at radius 2 is 2.06 bits per heavy atom. The van der Waals surface area contributed by atoms with Gasteiger partial charge >= 0.3 is 0 Å². The third-order valence-electron chi connectivity index (χ3n) is 2.36. The van der Waals surface area contributed by atoms with E-state index in [-0.39, 0.29) is 0 Å². The predicted molar refractivity (Wildman–Crippen MR) is 69.4 cm³/mol. The monoisotopic (exact) mass is 272 g/mol. The van der Waals surface area contributed by atoms with Gasteiger partial charge in [0, 0.05) is 16.5 Å². The van der Waals surface area contributed by atoms with E-state index in [2.05, 4.69) is 0 Å². The first-order valence-electron chi connectivity index (χ1n) is 4.81. The average molecular weight is 273 g/mol. The summed E-state index contributed by atoms with van der Waals surface area (Å²) in [6.45, 7) is 0. The van der Waals surface area contributed by atoms with Crippen LogP contribution in [0.15, 0.2) is 35.0 Å². The fourth-order valence-electron chi connectivity index (χ4n) is 1.48. The Kier molecular flexibility index (Phi) is 3.87. The third kappa shape index (κ3) is 2.77. The molecule has 0 saturated heterocycles. The second-order valence-electron chi connectivity index (χ2n) is 3.51. The van der Waals surface area contributed by atoms with E-state index in [4.69, 9.17) is 23.2 Å². The zero-order valence-electron chi connectivity index (χ0n) is 8.36. The highest BCUT2D eigenvalue weighted by molar-refractivity contribution is 7.07. The zero-order valence-corrected chi connectivity index (χ0v) is 10.7. The van der Waals surface area contributed by atoms with Gasteiger partial charge in [0.15, 0.2) is 0 Å². The first-order valence-corrected chi connectivity index (χ1v) is 6.51. The summed E-state index contributed by atoms with van der Waals surface area (Å²) >= 11 is 13.4. The van der Waals surface area contributed by atoms with E-state index in [1.165, 1.54) is 0 Å².